The molecule has 8 heteroatoms. The van der Waals surface area contributed by atoms with E-state index in [9.17, 15) is 18.8 Å². The van der Waals surface area contributed by atoms with Crippen molar-refractivity contribution in [2.75, 3.05) is 6.54 Å². The number of nitrogens with zero attached hydrogens (tertiary/aromatic N) is 3. The molecule has 1 saturated heterocycles. The van der Waals surface area contributed by atoms with Crippen LogP contribution in [0.1, 0.15) is 37.7 Å². The minimum atomic E-state index is -0.398. The molecule has 3 amide bonds. The lowest BCUT2D eigenvalue weighted by Crippen LogP contribution is -2.33. The molecule has 1 aromatic heterocycles. The van der Waals surface area contributed by atoms with E-state index in [1.807, 2.05) is 0 Å². The molecule has 29 heavy (non-hydrogen) atoms. The Hall–Kier alpha value is -2.61. The fourth-order valence-corrected chi connectivity index (χ4v) is 4.88. The second kappa shape index (κ2) is 8.41. The number of amides is 3. The molecular formula is C21H22FN3O3S. The number of thiazole rings is 1. The maximum Gasteiger partial charge on any atom is 0.250 e. The van der Waals surface area contributed by atoms with Crippen molar-refractivity contribution < 1.29 is 18.8 Å². The summed E-state index contributed by atoms with van der Waals surface area (Å²) in [5.41, 5.74) is 0.510. The van der Waals surface area contributed by atoms with Gasteiger partial charge in [0.2, 0.25) is 17.7 Å². The van der Waals surface area contributed by atoms with Crippen LogP contribution in [0.25, 0.3) is 0 Å². The highest BCUT2D eigenvalue weighted by Gasteiger charge is 2.47. The molecule has 2 atom stereocenters. The number of carbonyl (C=O) groups excluding carboxylic acids is 3. The molecular weight excluding hydrogens is 393 g/mol. The Morgan fingerprint density at radius 2 is 1.83 bits per heavy atom. The van der Waals surface area contributed by atoms with E-state index in [1.54, 1.807) is 34.3 Å². The number of benzene rings is 1. The summed E-state index contributed by atoms with van der Waals surface area (Å²) in [6.07, 6.45) is 5.21. The maximum absolute atomic E-state index is 13.9. The Bertz CT molecular complexity index is 988. The van der Waals surface area contributed by atoms with Crippen molar-refractivity contribution in [2.24, 2.45) is 16.8 Å². The van der Waals surface area contributed by atoms with Gasteiger partial charge in [-0.25, -0.2) is 4.39 Å². The normalized spacial score (nSPS) is 22.2. The molecule has 0 radical (unpaired) electrons. The number of carbonyl (C=O) groups is 3. The molecule has 6 nitrogen and oxygen atoms in total. The Morgan fingerprint density at radius 1 is 1.14 bits per heavy atom. The Labute approximate surface area is 171 Å². The molecule has 0 unspecified atom stereocenters. The topological polar surface area (TPSA) is 71.7 Å². The van der Waals surface area contributed by atoms with Gasteiger partial charge in [-0.15, -0.1) is 11.3 Å². The molecule has 1 aromatic carbocycles. The van der Waals surface area contributed by atoms with Crippen LogP contribution in [0.15, 0.2) is 40.8 Å². The van der Waals surface area contributed by atoms with Crippen molar-refractivity contribution in [1.82, 2.24) is 9.47 Å². The minimum Gasteiger partial charge on any atom is -0.319 e. The summed E-state index contributed by atoms with van der Waals surface area (Å²) >= 11 is 1.28. The number of likely N-dealkylation sites (tertiary alicyclic amines) is 1. The average molecular weight is 415 g/mol. The zero-order chi connectivity index (χ0) is 20.4. The summed E-state index contributed by atoms with van der Waals surface area (Å²) in [6.45, 7) is 0.348. The van der Waals surface area contributed by atoms with Gasteiger partial charge in [0, 0.05) is 30.1 Å². The van der Waals surface area contributed by atoms with Gasteiger partial charge in [-0.1, -0.05) is 31.0 Å². The van der Waals surface area contributed by atoms with E-state index in [4.69, 9.17) is 0 Å². The lowest BCUT2D eigenvalue weighted by atomic mass is 9.81. The highest BCUT2D eigenvalue weighted by Crippen LogP contribution is 2.37. The second-order valence-corrected chi connectivity index (χ2v) is 8.36. The molecule has 2 fully saturated rings. The van der Waals surface area contributed by atoms with E-state index in [0.717, 1.165) is 25.7 Å². The fraction of sp³-hybridized carbons (Fsp3) is 0.429. The van der Waals surface area contributed by atoms with E-state index in [0.29, 0.717) is 10.4 Å². The van der Waals surface area contributed by atoms with Crippen LogP contribution in [0.2, 0.25) is 0 Å². The van der Waals surface area contributed by atoms with Crippen molar-refractivity contribution in [3.63, 3.8) is 0 Å². The first-order chi connectivity index (χ1) is 14.0. The van der Waals surface area contributed by atoms with Gasteiger partial charge in [0.15, 0.2) is 4.80 Å². The number of fused-ring (bicyclic) bond motifs is 1. The number of imide groups is 1. The van der Waals surface area contributed by atoms with E-state index in [1.165, 1.54) is 22.3 Å². The number of halogens is 1. The molecule has 2 aromatic rings. The summed E-state index contributed by atoms with van der Waals surface area (Å²) in [7, 11) is 0. The van der Waals surface area contributed by atoms with Crippen molar-refractivity contribution in [3.05, 3.63) is 52.0 Å². The predicted molar refractivity (Wildman–Crippen MR) is 105 cm³/mol. The fourth-order valence-electron chi connectivity index (χ4n) is 4.14. The van der Waals surface area contributed by atoms with Gasteiger partial charge in [-0.2, -0.15) is 4.99 Å². The van der Waals surface area contributed by atoms with Crippen LogP contribution in [0.4, 0.5) is 4.39 Å². The molecule has 2 heterocycles. The van der Waals surface area contributed by atoms with Crippen LogP contribution in [0.5, 0.6) is 0 Å². The average Bonchev–Trinajstić information content (AvgIpc) is 3.25. The van der Waals surface area contributed by atoms with Gasteiger partial charge in [-0.3, -0.25) is 19.3 Å². The van der Waals surface area contributed by atoms with Crippen molar-refractivity contribution in [1.29, 1.82) is 0 Å². The van der Waals surface area contributed by atoms with Gasteiger partial charge >= 0.3 is 0 Å². The molecule has 0 spiro atoms. The third kappa shape index (κ3) is 4.07. The van der Waals surface area contributed by atoms with Crippen molar-refractivity contribution in [3.8, 4) is 0 Å². The van der Waals surface area contributed by atoms with Crippen molar-refractivity contribution in [2.45, 2.75) is 38.6 Å². The van der Waals surface area contributed by atoms with Gasteiger partial charge < -0.3 is 4.57 Å². The molecule has 1 saturated carbocycles. The molecule has 0 N–H and O–H groups in total. The standard InChI is InChI=1S/C21H22FN3O3S/c22-17-8-4-1-5-14(17)13-24-11-12-29-21(24)23-18(26)9-10-25-19(27)15-6-2-3-7-16(15)20(25)28/h1,4-5,8,11-12,15-16H,2-3,6-7,9-10,13H2/t15-,16-/m1/s1. The van der Waals surface area contributed by atoms with Crippen LogP contribution < -0.4 is 4.80 Å². The Balaban J connectivity index is 1.42. The molecule has 1 aliphatic carbocycles. The molecule has 1 aliphatic heterocycles. The first-order valence-corrected chi connectivity index (χ1v) is 10.7. The minimum absolute atomic E-state index is 0.00544. The zero-order valence-corrected chi connectivity index (χ0v) is 16.7. The van der Waals surface area contributed by atoms with Gasteiger partial charge in [-0.05, 0) is 18.9 Å². The van der Waals surface area contributed by atoms with Crippen LogP contribution in [-0.2, 0) is 20.9 Å². The zero-order valence-electron chi connectivity index (χ0n) is 15.9. The van der Waals surface area contributed by atoms with E-state index in [-0.39, 0.29) is 49.0 Å². The van der Waals surface area contributed by atoms with Gasteiger partial charge in [0.05, 0.1) is 18.4 Å². The summed E-state index contributed by atoms with van der Waals surface area (Å²) in [5, 5.41) is 1.78. The van der Waals surface area contributed by atoms with Crippen LogP contribution >= 0.6 is 11.3 Å². The van der Waals surface area contributed by atoms with Crippen molar-refractivity contribution >= 4 is 29.1 Å². The quantitative estimate of drug-likeness (QED) is 0.705. The van der Waals surface area contributed by atoms with Crippen LogP contribution in [0.3, 0.4) is 0 Å². The summed E-state index contributed by atoms with van der Waals surface area (Å²) in [6, 6.07) is 6.47. The Morgan fingerprint density at radius 3 is 2.52 bits per heavy atom. The summed E-state index contributed by atoms with van der Waals surface area (Å²) in [4.78, 5) is 43.2. The van der Waals surface area contributed by atoms with E-state index >= 15 is 0 Å². The number of rotatable bonds is 5. The lowest BCUT2D eigenvalue weighted by Gasteiger charge is -2.19. The lowest BCUT2D eigenvalue weighted by molar-refractivity contribution is -0.140. The first kappa shape index (κ1) is 19.7. The number of hydrogen-bond donors (Lipinski definition) is 0. The smallest absolute Gasteiger partial charge is 0.250 e. The maximum atomic E-state index is 13.9. The van der Waals surface area contributed by atoms with Crippen LogP contribution in [-0.4, -0.2) is 33.7 Å². The summed E-state index contributed by atoms with van der Waals surface area (Å²) < 4.78 is 15.6. The highest BCUT2D eigenvalue weighted by atomic mass is 32.1. The molecule has 4 rings (SSSR count). The van der Waals surface area contributed by atoms with E-state index < -0.39 is 5.91 Å². The van der Waals surface area contributed by atoms with Crippen LogP contribution in [0, 0.1) is 17.7 Å². The second-order valence-electron chi connectivity index (χ2n) is 7.49. The summed E-state index contributed by atoms with van der Waals surface area (Å²) in [5.74, 6) is -1.40. The van der Waals surface area contributed by atoms with Gasteiger partial charge in [0.1, 0.15) is 5.82 Å². The first-order valence-electron chi connectivity index (χ1n) is 9.84. The van der Waals surface area contributed by atoms with E-state index in [2.05, 4.69) is 4.99 Å². The molecule has 0 bridgehead atoms. The monoisotopic (exact) mass is 415 g/mol. The molecule has 152 valence electrons. The third-order valence-electron chi connectivity index (χ3n) is 5.66. The Kier molecular flexibility index (Phi) is 5.71. The number of aromatic nitrogens is 1. The number of hydrogen-bond acceptors (Lipinski definition) is 4. The highest BCUT2D eigenvalue weighted by molar-refractivity contribution is 7.07. The van der Waals surface area contributed by atoms with Gasteiger partial charge in [0.25, 0.3) is 0 Å². The third-order valence-corrected chi connectivity index (χ3v) is 6.45. The SMILES string of the molecule is O=C(CCN1C(=O)[C@@H]2CCCC[C@H]2C1=O)N=c1sccn1Cc1ccccc1F. The largest absolute Gasteiger partial charge is 0.319 e. The molecule has 2 aliphatic rings. The predicted octanol–water partition coefficient (Wildman–Crippen LogP) is 2.73.